The third kappa shape index (κ3) is 4.97. The Hall–Kier alpha value is -3.35. The van der Waals surface area contributed by atoms with Gasteiger partial charge in [-0.25, -0.2) is 4.90 Å². The molecule has 0 radical (unpaired) electrons. The molecule has 0 aliphatic carbocycles. The normalized spacial score (nSPS) is 11.2. The van der Waals surface area contributed by atoms with Gasteiger partial charge < -0.3 is 4.74 Å². The summed E-state index contributed by atoms with van der Waals surface area (Å²) in [6.45, 7) is 1.88. The van der Waals surface area contributed by atoms with Crippen molar-refractivity contribution in [2.45, 2.75) is 26.1 Å². The first-order valence-electron chi connectivity index (χ1n) is 9.34. The Kier molecular flexibility index (Phi) is 6.40. The monoisotopic (exact) mass is 414 g/mol. The molecule has 1 aromatic heterocycles. The highest BCUT2D eigenvalue weighted by molar-refractivity contribution is 5.94. The van der Waals surface area contributed by atoms with E-state index in [9.17, 15) is 18.0 Å². The molecule has 1 heterocycles. The smallest absolute Gasteiger partial charge is 0.491 e. The van der Waals surface area contributed by atoms with E-state index < -0.39 is 12.2 Å². The number of nitrogens with zero attached hydrogens (tertiary/aromatic N) is 2. The fourth-order valence-corrected chi connectivity index (χ4v) is 3.21. The lowest BCUT2D eigenvalue weighted by molar-refractivity contribution is -0.150. The number of methoxy groups -OCH3 is 1. The van der Waals surface area contributed by atoms with E-state index in [1.54, 1.807) is 24.4 Å². The van der Waals surface area contributed by atoms with Crippen molar-refractivity contribution in [1.82, 2.24) is 4.98 Å². The summed E-state index contributed by atoms with van der Waals surface area (Å²) in [6.07, 6.45) is -3.22. The first-order valence-corrected chi connectivity index (χ1v) is 9.34. The van der Waals surface area contributed by atoms with E-state index in [0.717, 1.165) is 16.8 Å². The van der Waals surface area contributed by atoms with E-state index in [1.807, 2.05) is 25.1 Å². The van der Waals surface area contributed by atoms with E-state index in [4.69, 9.17) is 4.74 Å². The Morgan fingerprint density at radius 1 is 1.07 bits per heavy atom. The third-order valence-corrected chi connectivity index (χ3v) is 4.62. The summed E-state index contributed by atoms with van der Waals surface area (Å²) in [4.78, 5) is 16.5. The predicted octanol–water partition coefficient (Wildman–Crippen LogP) is 5.55. The average molecular weight is 414 g/mol. The molecule has 30 heavy (non-hydrogen) atoms. The summed E-state index contributed by atoms with van der Waals surface area (Å²) < 4.78 is 45.8. The van der Waals surface area contributed by atoms with Crippen molar-refractivity contribution < 1.29 is 22.7 Å². The summed E-state index contributed by atoms with van der Waals surface area (Å²) >= 11 is 0. The zero-order chi connectivity index (χ0) is 21.7. The number of anilines is 1. The maximum atomic E-state index is 13.5. The molecule has 4 nitrogen and oxygen atoms in total. The van der Waals surface area contributed by atoms with Crippen LogP contribution in [-0.4, -0.2) is 24.3 Å². The molecule has 0 bridgehead atoms. The maximum absolute atomic E-state index is 13.5. The molecular formula is C23H21F3N2O2. The van der Waals surface area contributed by atoms with Crippen LogP contribution in [0.25, 0.3) is 11.1 Å². The number of aryl methyl sites for hydroxylation is 2. The molecule has 0 spiro atoms. The summed E-state index contributed by atoms with van der Waals surface area (Å²) in [5.41, 5.74) is 3.15. The Morgan fingerprint density at radius 3 is 2.43 bits per heavy atom. The lowest BCUT2D eigenvalue weighted by Gasteiger charge is -2.25. The molecule has 0 saturated heterocycles. The summed E-state index contributed by atoms with van der Waals surface area (Å²) in [6, 6.07) is 16.2. The van der Waals surface area contributed by atoms with Crippen LogP contribution in [0, 0.1) is 6.92 Å². The number of pyridine rings is 1. The quantitative estimate of drug-likeness (QED) is 0.497. The van der Waals surface area contributed by atoms with Crippen molar-refractivity contribution in [3.63, 3.8) is 0 Å². The Morgan fingerprint density at radius 2 is 1.80 bits per heavy atom. The zero-order valence-electron chi connectivity index (χ0n) is 16.6. The van der Waals surface area contributed by atoms with Crippen molar-refractivity contribution in [2.75, 3.05) is 12.0 Å². The Bertz CT molecular complexity index is 1020. The van der Waals surface area contributed by atoms with Crippen LogP contribution >= 0.6 is 0 Å². The molecule has 0 saturated carbocycles. The molecule has 0 aliphatic heterocycles. The molecule has 0 unspecified atom stereocenters. The number of hydrogen-bond donors (Lipinski definition) is 0. The van der Waals surface area contributed by atoms with Crippen LogP contribution in [0.15, 0.2) is 66.9 Å². The molecule has 1 amide bonds. The van der Waals surface area contributed by atoms with E-state index in [2.05, 4.69) is 4.98 Å². The van der Waals surface area contributed by atoms with E-state index in [-0.39, 0.29) is 23.4 Å². The van der Waals surface area contributed by atoms with Gasteiger partial charge in [0.1, 0.15) is 5.75 Å². The van der Waals surface area contributed by atoms with Crippen LogP contribution in [0.1, 0.15) is 17.7 Å². The Balaban J connectivity index is 1.78. The van der Waals surface area contributed by atoms with Crippen molar-refractivity contribution >= 4 is 11.6 Å². The topological polar surface area (TPSA) is 42.4 Å². The number of para-hydroxylation sites is 1. The number of benzene rings is 2. The van der Waals surface area contributed by atoms with Gasteiger partial charge >= 0.3 is 6.30 Å². The highest BCUT2D eigenvalue weighted by Gasteiger charge is 2.41. The summed E-state index contributed by atoms with van der Waals surface area (Å²) in [7, 11) is 1.53. The second-order valence-corrected chi connectivity index (χ2v) is 6.75. The predicted molar refractivity (Wildman–Crippen MR) is 109 cm³/mol. The number of rotatable bonds is 6. The lowest BCUT2D eigenvalue weighted by Crippen LogP contribution is -2.43. The van der Waals surface area contributed by atoms with Crippen molar-refractivity contribution in [3.8, 4) is 16.9 Å². The van der Waals surface area contributed by atoms with Gasteiger partial charge in [-0.3, -0.25) is 9.78 Å². The van der Waals surface area contributed by atoms with Gasteiger partial charge in [-0.05, 0) is 54.8 Å². The standard InChI is InChI=1S/C23H21F3N2O2/c1-16-14-18(12-13-27-16)20-10-8-17(15-21(20)30-2)9-11-22(29)28(23(24,25)26)19-6-4-3-5-7-19/h3-8,10,12-15H,9,11H2,1-2H3. The molecule has 156 valence electrons. The van der Waals surface area contributed by atoms with Gasteiger partial charge in [-0.2, -0.15) is 0 Å². The average Bonchev–Trinajstić information content (AvgIpc) is 2.72. The van der Waals surface area contributed by atoms with E-state index in [1.165, 1.54) is 31.4 Å². The van der Waals surface area contributed by atoms with Gasteiger partial charge in [0.05, 0.1) is 12.8 Å². The van der Waals surface area contributed by atoms with Crippen molar-refractivity contribution in [1.29, 1.82) is 0 Å². The largest absolute Gasteiger partial charge is 0.496 e. The highest BCUT2D eigenvalue weighted by atomic mass is 19.4. The second kappa shape index (κ2) is 8.98. The van der Waals surface area contributed by atoms with Gasteiger partial charge in [0, 0.05) is 23.9 Å². The van der Waals surface area contributed by atoms with Crippen molar-refractivity contribution in [2.24, 2.45) is 0 Å². The molecule has 3 aromatic rings. The molecule has 0 aliphatic rings. The number of aromatic nitrogens is 1. The molecule has 0 N–H and O–H groups in total. The first-order chi connectivity index (χ1) is 14.3. The molecule has 0 fully saturated rings. The van der Waals surface area contributed by atoms with Crippen LogP contribution in [0.5, 0.6) is 5.75 Å². The molecular weight excluding hydrogens is 393 g/mol. The number of alkyl halides is 3. The summed E-state index contributed by atoms with van der Waals surface area (Å²) in [5, 5.41) is 0. The fraction of sp³-hybridized carbons (Fsp3) is 0.217. The van der Waals surface area contributed by atoms with Gasteiger partial charge in [-0.1, -0.05) is 30.3 Å². The van der Waals surface area contributed by atoms with Gasteiger partial charge in [-0.15, -0.1) is 13.2 Å². The second-order valence-electron chi connectivity index (χ2n) is 6.75. The highest BCUT2D eigenvalue weighted by Crippen LogP contribution is 2.32. The number of carbonyl (C=O) groups excluding carboxylic acids is 1. The zero-order valence-corrected chi connectivity index (χ0v) is 16.6. The molecule has 0 atom stereocenters. The molecule has 2 aromatic carbocycles. The lowest BCUT2D eigenvalue weighted by atomic mass is 10.0. The first kappa shape index (κ1) is 21.4. The van der Waals surface area contributed by atoms with E-state index >= 15 is 0 Å². The van der Waals surface area contributed by atoms with Crippen LogP contribution < -0.4 is 9.64 Å². The number of halogens is 3. The van der Waals surface area contributed by atoms with Crippen LogP contribution in [-0.2, 0) is 11.2 Å². The van der Waals surface area contributed by atoms with Crippen LogP contribution in [0.2, 0.25) is 0 Å². The van der Waals surface area contributed by atoms with E-state index in [0.29, 0.717) is 11.3 Å². The molecule has 3 rings (SSSR count). The minimum atomic E-state index is -4.79. The van der Waals surface area contributed by atoms with Crippen LogP contribution in [0.3, 0.4) is 0 Å². The molecule has 7 heteroatoms. The minimum absolute atomic E-state index is 0.113. The van der Waals surface area contributed by atoms with Crippen molar-refractivity contribution in [3.05, 3.63) is 78.1 Å². The number of ether oxygens (including phenoxy) is 1. The van der Waals surface area contributed by atoms with Gasteiger partial charge in [0.25, 0.3) is 0 Å². The third-order valence-electron chi connectivity index (χ3n) is 4.62. The number of amides is 1. The SMILES string of the molecule is COc1cc(CCC(=O)N(c2ccccc2)C(F)(F)F)ccc1-c1ccnc(C)c1. The fourth-order valence-electron chi connectivity index (χ4n) is 3.21. The number of hydrogen-bond acceptors (Lipinski definition) is 3. The van der Waals surface area contributed by atoms with Gasteiger partial charge in [0.15, 0.2) is 0 Å². The maximum Gasteiger partial charge on any atom is 0.491 e. The van der Waals surface area contributed by atoms with Crippen LogP contribution in [0.4, 0.5) is 18.9 Å². The summed E-state index contributed by atoms with van der Waals surface area (Å²) in [5.74, 6) is -0.428. The number of carbonyl (C=O) groups is 1. The van der Waals surface area contributed by atoms with Gasteiger partial charge in [0.2, 0.25) is 5.91 Å². The Labute approximate surface area is 172 Å². The minimum Gasteiger partial charge on any atom is -0.496 e.